The molecule has 0 amide bonds. The van der Waals surface area contributed by atoms with Gasteiger partial charge in [-0.25, -0.2) is 0 Å². The van der Waals surface area contributed by atoms with Gasteiger partial charge < -0.3 is 14.8 Å². The van der Waals surface area contributed by atoms with Crippen molar-refractivity contribution in [1.82, 2.24) is 9.80 Å². The van der Waals surface area contributed by atoms with Crippen LogP contribution >= 0.6 is 0 Å². The molecule has 0 aliphatic rings. The summed E-state index contributed by atoms with van der Waals surface area (Å²) in [6.07, 6.45) is 26.0. The normalized spacial score (nSPS) is 12.6. The van der Waals surface area contributed by atoms with E-state index in [1.54, 1.807) is 0 Å². The van der Waals surface area contributed by atoms with Crippen molar-refractivity contribution in [2.75, 3.05) is 32.7 Å². The molecular formula is C29H58N2O2. The van der Waals surface area contributed by atoms with Gasteiger partial charge in [0.25, 0.3) is 0 Å². The predicted octanol–water partition coefficient (Wildman–Crippen LogP) is 7.36. The zero-order chi connectivity index (χ0) is 24.4. The molecule has 1 atom stereocenters. The molecule has 0 aromatic rings. The number of nitrogens with zero attached hydrogens (tertiary/aromatic N) is 2. The van der Waals surface area contributed by atoms with Crippen LogP contribution < -0.4 is 0 Å². The van der Waals surface area contributed by atoms with Gasteiger partial charge in [-0.2, -0.15) is 0 Å². The highest BCUT2D eigenvalue weighted by Gasteiger charge is 2.12. The molecule has 0 spiro atoms. The molecule has 0 bridgehead atoms. The van der Waals surface area contributed by atoms with Gasteiger partial charge in [-0.3, -0.25) is 4.90 Å². The third-order valence-electron chi connectivity index (χ3n) is 6.63. The van der Waals surface area contributed by atoms with E-state index in [0.717, 1.165) is 64.7 Å². The third kappa shape index (κ3) is 22.7. The second-order valence-corrected chi connectivity index (χ2v) is 9.76. The fraction of sp³-hybridized carbons (Fsp3) is 0.897. The van der Waals surface area contributed by atoms with Gasteiger partial charge in [0, 0.05) is 32.6 Å². The van der Waals surface area contributed by atoms with Crippen LogP contribution in [0.4, 0.5) is 0 Å². The van der Waals surface area contributed by atoms with Crippen LogP contribution in [0.15, 0.2) is 12.3 Å². The number of unbranched alkanes of at least 4 members (excludes halogenated alkanes) is 14. The van der Waals surface area contributed by atoms with Crippen LogP contribution in [0.1, 0.15) is 130 Å². The van der Waals surface area contributed by atoms with E-state index >= 15 is 0 Å². The second-order valence-electron chi connectivity index (χ2n) is 9.76. The van der Waals surface area contributed by atoms with E-state index in [0.29, 0.717) is 6.42 Å². The molecule has 1 N–H and O–H groups in total. The van der Waals surface area contributed by atoms with E-state index in [4.69, 9.17) is 0 Å². The first-order valence-electron chi connectivity index (χ1n) is 14.4. The van der Waals surface area contributed by atoms with Crippen molar-refractivity contribution in [2.24, 2.45) is 0 Å². The average molecular weight is 467 g/mol. The molecule has 0 saturated heterocycles. The highest BCUT2D eigenvalue weighted by atomic mass is 16.3. The van der Waals surface area contributed by atoms with Crippen molar-refractivity contribution in [1.29, 1.82) is 0 Å². The van der Waals surface area contributed by atoms with Crippen molar-refractivity contribution < 1.29 is 9.90 Å². The number of rotatable bonds is 26. The highest BCUT2D eigenvalue weighted by molar-refractivity contribution is 5.48. The summed E-state index contributed by atoms with van der Waals surface area (Å²) in [5.41, 5.74) is 0. The molecule has 0 rings (SSSR count). The number of hydrogen-bond donors (Lipinski definition) is 1. The Hall–Kier alpha value is -0.870. The number of aliphatic hydroxyl groups is 1. The number of allylic oxidation sites excluding steroid dienone is 1. The van der Waals surface area contributed by atoms with E-state index in [1.807, 2.05) is 0 Å². The lowest BCUT2D eigenvalue weighted by atomic mass is 10.0. The Morgan fingerprint density at radius 3 is 1.88 bits per heavy atom. The summed E-state index contributed by atoms with van der Waals surface area (Å²) < 4.78 is 0. The smallest absolute Gasteiger partial charge is 0.119 e. The third-order valence-corrected chi connectivity index (χ3v) is 6.63. The molecule has 0 heterocycles. The standard InChI is InChI=1S/C29H58N2O2/c1-4-7-8-9-10-11-12-13-16-19-22-29(33)28-31(26-25-30(6-3)23-5-2)24-20-17-14-15-18-21-27-32/h5,23,27,29,33H,4,6-22,24-26,28H2,1-3H3/b23-5-. The van der Waals surface area contributed by atoms with E-state index in [9.17, 15) is 9.90 Å². The Morgan fingerprint density at radius 2 is 1.30 bits per heavy atom. The summed E-state index contributed by atoms with van der Waals surface area (Å²) in [7, 11) is 0. The number of hydrogen-bond acceptors (Lipinski definition) is 4. The molecule has 196 valence electrons. The zero-order valence-electron chi connectivity index (χ0n) is 22.6. The Balaban J connectivity index is 4.10. The Labute approximate surface area is 207 Å². The van der Waals surface area contributed by atoms with E-state index in [-0.39, 0.29) is 6.10 Å². The first kappa shape index (κ1) is 32.1. The van der Waals surface area contributed by atoms with Gasteiger partial charge in [0.1, 0.15) is 6.29 Å². The van der Waals surface area contributed by atoms with Gasteiger partial charge in [-0.05, 0) is 45.9 Å². The monoisotopic (exact) mass is 466 g/mol. The maximum Gasteiger partial charge on any atom is 0.119 e. The lowest BCUT2D eigenvalue weighted by molar-refractivity contribution is -0.107. The Kier molecular flexibility index (Phi) is 25.1. The molecule has 4 nitrogen and oxygen atoms in total. The second kappa shape index (κ2) is 25.7. The van der Waals surface area contributed by atoms with E-state index in [2.05, 4.69) is 42.8 Å². The number of likely N-dealkylation sites (N-methyl/N-ethyl adjacent to an activating group) is 1. The number of carbonyl (C=O) groups excluding carboxylic acids is 1. The van der Waals surface area contributed by atoms with Crippen molar-refractivity contribution in [3.63, 3.8) is 0 Å². The predicted molar refractivity (Wildman–Crippen MR) is 145 cm³/mol. The summed E-state index contributed by atoms with van der Waals surface area (Å²) >= 11 is 0. The van der Waals surface area contributed by atoms with Gasteiger partial charge in [-0.1, -0.05) is 96.5 Å². The first-order chi connectivity index (χ1) is 16.2. The SMILES string of the molecule is C/C=C\N(CC)CCN(CCCCCCCC=O)CC(O)CCCCCCCCCCCC. The highest BCUT2D eigenvalue weighted by Crippen LogP contribution is 2.13. The molecule has 0 aliphatic carbocycles. The van der Waals surface area contributed by atoms with Crippen molar-refractivity contribution in [3.05, 3.63) is 12.3 Å². The van der Waals surface area contributed by atoms with Gasteiger partial charge in [0.15, 0.2) is 0 Å². The summed E-state index contributed by atoms with van der Waals surface area (Å²) in [5.74, 6) is 0. The summed E-state index contributed by atoms with van der Waals surface area (Å²) in [4.78, 5) is 15.2. The molecule has 0 radical (unpaired) electrons. The van der Waals surface area contributed by atoms with Crippen LogP contribution in [0, 0.1) is 0 Å². The molecule has 0 aliphatic heterocycles. The maximum absolute atomic E-state index is 10.7. The lowest BCUT2D eigenvalue weighted by Gasteiger charge is -2.28. The minimum absolute atomic E-state index is 0.205. The molecule has 0 aromatic heterocycles. The molecule has 1 unspecified atom stereocenters. The van der Waals surface area contributed by atoms with Crippen LogP contribution in [-0.4, -0.2) is 60.0 Å². The summed E-state index contributed by atoms with van der Waals surface area (Å²) in [6, 6.07) is 0. The quantitative estimate of drug-likeness (QED) is 0.107. The molecule has 0 aromatic carbocycles. The van der Waals surface area contributed by atoms with Crippen LogP contribution in [0.5, 0.6) is 0 Å². The van der Waals surface area contributed by atoms with Crippen molar-refractivity contribution in [2.45, 2.75) is 136 Å². The topological polar surface area (TPSA) is 43.8 Å². The fourth-order valence-corrected chi connectivity index (χ4v) is 4.46. The maximum atomic E-state index is 10.7. The van der Waals surface area contributed by atoms with Gasteiger partial charge in [0.05, 0.1) is 6.10 Å². The van der Waals surface area contributed by atoms with Gasteiger partial charge in [-0.15, -0.1) is 0 Å². The van der Waals surface area contributed by atoms with Gasteiger partial charge in [0.2, 0.25) is 0 Å². The molecule has 0 fully saturated rings. The Morgan fingerprint density at radius 1 is 0.727 bits per heavy atom. The Bertz CT molecular complexity index is 428. The number of aldehydes is 1. The largest absolute Gasteiger partial charge is 0.392 e. The minimum Gasteiger partial charge on any atom is -0.392 e. The summed E-state index contributed by atoms with van der Waals surface area (Å²) in [5, 5.41) is 10.7. The first-order valence-corrected chi connectivity index (χ1v) is 14.4. The van der Waals surface area contributed by atoms with Crippen LogP contribution in [0.25, 0.3) is 0 Å². The van der Waals surface area contributed by atoms with Gasteiger partial charge >= 0.3 is 0 Å². The van der Waals surface area contributed by atoms with Crippen molar-refractivity contribution >= 4 is 6.29 Å². The van der Waals surface area contributed by atoms with E-state index < -0.39 is 0 Å². The van der Waals surface area contributed by atoms with Crippen LogP contribution in [0.2, 0.25) is 0 Å². The zero-order valence-corrected chi connectivity index (χ0v) is 22.6. The summed E-state index contributed by atoms with van der Waals surface area (Å²) in [6.45, 7) is 11.5. The van der Waals surface area contributed by atoms with Crippen LogP contribution in [-0.2, 0) is 4.79 Å². The van der Waals surface area contributed by atoms with E-state index in [1.165, 1.54) is 77.0 Å². The minimum atomic E-state index is -0.205. The average Bonchev–Trinajstić information content (AvgIpc) is 2.82. The lowest BCUT2D eigenvalue weighted by Crippen LogP contribution is -2.38. The molecule has 4 heteroatoms. The molecule has 33 heavy (non-hydrogen) atoms. The number of carbonyl (C=O) groups is 1. The van der Waals surface area contributed by atoms with Crippen molar-refractivity contribution in [3.8, 4) is 0 Å². The van der Waals surface area contributed by atoms with Crippen LogP contribution in [0.3, 0.4) is 0 Å². The number of aliphatic hydroxyl groups excluding tert-OH is 1. The molecular weight excluding hydrogens is 408 g/mol. The fourth-order valence-electron chi connectivity index (χ4n) is 4.46. The molecule has 0 saturated carbocycles.